The van der Waals surface area contributed by atoms with Crippen molar-refractivity contribution in [3.05, 3.63) is 82.6 Å². The molecule has 10 heteroatoms. The van der Waals surface area contributed by atoms with Crippen molar-refractivity contribution < 1.29 is 9.59 Å². The minimum Gasteiger partial charge on any atom is -0.322 e. The predicted molar refractivity (Wildman–Crippen MR) is 123 cm³/mol. The molecule has 0 saturated heterocycles. The molecule has 0 aliphatic heterocycles. The largest absolute Gasteiger partial charge is 0.322 e. The van der Waals surface area contributed by atoms with Gasteiger partial charge < -0.3 is 10.6 Å². The second-order valence-electron chi connectivity index (χ2n) is 6.82. The summed E-state index contributed by atoms with van der Waals surface area (Å²) in [7, 11) is 0. The highest BCUT2D eigenvalue weighted by atomic mass is 35.5. The third-order valence-electron chi connectivity index (χ3n) is 4.35. The van der Waals surface area contributed by atoms with Gasteiger partial charge in [0.1, 0.15) is 11.5 Å². The number of anilines is 2. The molecular formula is C22H16Cl2N6O2. The summed E-state index contributed by atoms with van der Waals surface area (Å²) in [4.78, 5) is 28.0. The van der Waals surface area contributed by atoms with Gasteiger partial charge in [0.25, 0.3) is 5.91 Å². The Labute approximate surface area is 193 Å². The number of hydrogen-bond acceptors (Lipinski definition) is 5. The van der Waals surface area contributed by atoms with E-state index in [0.717, 1.165) is 5.56 Å². The average Bonchev–Trinajstić information content (AvgIpc) is 3.23. The number of rotatable bonds is 5. The van der Waals surface area contributed by atoms with E-state index in [1.165, 1.54) is 6.92 Å². The number of halogens is 2. The zero-order chi connectivity index (χ0) is 22.7. The molecule has 0 aliphatic carbocycles. The number of aromatic nitrogens is 4. The molecule has 4 rings (SSSR count). The molecule has 0 unspecified atom stereocenters. The van der Waals surface area contributed by atoms with E-state index in [2.05, 4.69) is 25.9 Å². The second-order valence-corrected chi connectivity index (χ2v) is 7.70. The van der Waals surface area contributed by atoms with Crippen molar-refractivity contribution in [3.8, 4) is 16.9 Å². The topological polar surface area (TPSA) is 102 Å². The molecule has 2 amide bonds. The third-order valence-corrected chi connectivity index (χ3v) is 4.79. The van der Waals surface area contributed by atoms with E-state index in [9.17, 15) is 9.59 Å². The summed E-state index contributed by atoms with van der Waals surface area (Å²) in [5.74, 6) is -0.0600. The number of benzene rings is 2. The predicted octanol–water partition coefficient (Wildman–Crippen LogP) is 4.85. The maximum Gasteiger partial charge on any atom is 0.255 e. The lowest BCUT2D eigenvalue weighted by Crippen LogP contribution is -2.12. The van der Waals surface area contributed by atoms with Crippen LogP contribution in [0, 0.1) is 0 Å². The highest BCUT2D eigenvalue weighted by Gasteiger charge is 2.11. The van der Waals surface area contributed by atoms with Crippen molar-refractivity contribution in [3.63, 3.8) is 0 Å². The van der Waals surface area contributed by atoms with Crippen molar-refractivity contribution in [1.82, 2.24) is 20.0 Å². The van der Waals surface area contributed by atoms with Crippen LogP contribution in [0.15, 0.2) is 67.0 Å². The van der Waals surface area contributed by atoms with Gasteiger partial charge in [0.2, 0.25) is 5.91 Å². The number of pyridine rings is 1. The molecule has 2 N–H and O–H groups in total. The first-order chi connectivity index (χ1) is 15.4. The minimum absolute atomic E-state index is 0.196. The lowest BCUT2D eigenvalue weighted by atomic mass is 10.1. The maximum absolute atomic E-state index is 12.7. The Hall–Kier alpha value is -3.75. The molecule has 2 aromatic heterocycles. The fourth-order valence-corrected chi connectivity index (χ4v) is 3.47. The molecule has 0 aliphatic rings. The van der Waals surface area contributed by atoms with E-state index < -0.39 is 0 Å². The summed E-state index contributed by atoms with van der Waals surface area (Å²) >= 11 is 12.0. The molecule has 0 fully saturated rings. The number of amides is 2. The number of nitrogens with zero attached hydrogens (tertiary/aromatic N) is 4. The molecule has 8 nitrogen and oxygen atoms in total. The Bertz CT molecular complexity index is 1280. The fourth-order valence-electron chi connectivity index (χ4n) is 2.94. The second kappa shape index (κ2) is 9.17. The smallest absolute Gasteiger partial charge is 0.255 e. The van der Waals surface area contributed by atoms with Crippen LogP contribution in [-0.2, 0) is 4.79 Å². The summed E-state index contributed by atoms with van der Waals surface area (Å²) in [6, 6.07) is 15.2. The van der Waals surface area contributed by atoms with Gasteiger partial charge in [-0.25, -0.2) is 9.67 Å². The van der Waals surface area contributed by atoms with Gasteiger partial charge in [0.05, 0.1) is 11.9 Å². The Morgan fingerprint density at radius 1 is 0.969 bits per heavy atom. The van der Waals surface area contributed by atoms with Gasteiger partial charge in [-0.3, -0.25) is 9.59 Å². The van der Waals surface area contributed by atoms with Gasteiger partial charge in [0, 0.05) is 40.0 Å². The quantitative estimate of drug-likeness (QED) is 0.437. The molecule has 4 aromatic rings. The van der Waals surface area contributed by atoms with Crippen LogP contribution in [-0.4, -0.2) is 31.8 Å². The highest BCUT2D eigenvalue weighted by molar-refractivity contribution is 6.35. The molecule has 0 bridgehead atoms. The maximum atomic E-state index is 12.7. The lowest BCUT2D eigenvalue weighted by Gasteiger charge is -2.08. The first-order valence-electron chi connectivity index (χ1n) is 9.41. The SMILES string of the molecule is CC(=O)Nc1ccc(-c2cn(-c3cccc(C(=O)Nc4cc(Cl)cc(Cl)c4)c3)nn2)cn1. The van der Waals surface area contributed by atoms with E-state index in [1.54, 1.807) is 65.6 Å². The third kappa shape index (κ3) is 5.11. The Kier molecular flexibility index (Phi) is 6.16. The van der Waals surface area contributed by atoms with Crippen molar-refractivity contribution in [2.24, 2.45) is 0 Å². The summed E-state index contributed by atoms with van der Waals surface area (Å²) < 4.78 is 1.56. The Morgan fingerprint density at radius 3 is 2.44 bits per heavy atom. The van der Waals surface area contributed by atoms with Gasteiger partial charge in [0.15, 0.2) is 0 Å². The van der Waals surface area contributed by atoms with Crippen molar-refractivity contribution in [2.45, 2.75) is 6.92 Å². The average molecular weight is 467 g/mol. The molecule has 32 heavy (non-hydrogen) atoms. The number of hydrogen-bond donors (Lipinski definition) is 2. The Balaban J connectivity index is 1.53. The van der Waals surface area contributed by atoms with E-state index in [0.29, 0.717) is 38.5 Å². The zero-order valence-corrected chi connectivity index (χ0v) is 18.2. The summed E-state index contributed by atoms with van der Waals surface area (Å²) in [5, 5.41) is 14.6. The van der Waals surface area contributed by atoms with Crippen LogP contribution in [0.5, 0.6) is 0 Å². The molecule has 0 spiro atoms. The Morgan fingerprint density at radius 2 is 1.75 bits per heavy atom. The van der Waals surface area contributed by atoms with Crippen LogP contribution >= 0.6 is 23.2 Å². The van der Waals surface area contributed by atoms with Crippen LogP contribution in [0.1, 0.15) is 17.3 Å². The monoisotopic (exact) mass is 466 g/mol. The van der Waals surface area contributed by atoms with E-state index in [1.807, 2.05) is 6.07 Å². The van der Waals surface area contributed by atoms with E-state index in [4.69, 9.17) is 23.2 Å². The number of carbonyl (C=O) groups excluding carboxylic acids is 2. The van der Waals surface area contributed by atoms with Gasteiger partial charge >= 0.3 is 0 Å². The lowest BCUT2D eigenvalue weighted by molar-refractivity contribution is -0.114. The van der Waals surface area contributed by atoms with E-state index >= 15 is 0 Å². The van der Waals surface area contributed by atoms with Crippen molar-refractivity contribution >= 4 is 46.5 Å². The van der Waals surface area contributed by atoms with Crippen LogP contribution in [0.3, 0.4) is 0 Å². The molecule has 2 aromatic carbocycles. The van der Waals surface area contributed by atoms with Crippen molar-refractivity contribution in [2.75, 3.05) is 10.6 Å². The fraction of sp³-hybridized carbons (Fsp3) is 0.0455. The summed E-state index contributed by atoms with van der Waals surface area (Å²) in [5.41, 5.74) is 2.91. The molecule has 160 valence electrons. The van der Waals surface area contributed by atoms with Crippen LogP contribution in [0.4, 0.5) is 11.5 Å². The number of carbonyl (C=O) groups is 2. The molecule has 0 saturated carbocycles. The van der Waals surface area contributed by atoms with E-state index in [-0.39, 0.29) is 11.8 Å². The molecule has 0 radical (unpaired) electrons. The molecular weight excluding hydrogens is 451 g/mol. The highest BCUT2D eigenvalue weighted by Crippen LogP contribution is 2.23. The van der Waals surface area contributed by atoms with Gasteiger partial charge in [-0.1, -0.05) is 34.5 Å². The number of nitrogens with one attached hydrogen (secondary N) is 2. The van der Waals surface area contributed by atoms with Gasteiger partial charge in [-0.2, -0.15) is 0 Å². The van der Waals surface area contributed by atoms with Crippen LogP contribution in [0.25, 0.3) is 16.9 Å². The molecule has 0 atom stereocenters. The van der Waals surface area contributed by atoms with Gasteiger partial charge in [-0.05, 0) is 48.5 Å². The summed E-state index contributed by atoms with van der Waals surface area (Å²) in [6.45, 7) is 1.42. The van der Waals surface area contributed by atoms with Crippen LogP contribution < -0.4 is 10.6 Å². The minimum atomic E-state index is -0.316. The molecule has 2 heterocycles. The normalized spacial score (nSPS) is 10.6. The summed E-state index contributed by atoms with van der Waals surface area (Å²) in [6.07, 6.45) is 3.32. The van der Waals surface area contributed by atoms with Gasteiger partial charge in [-0.15, -0.1) is 5.10 Å². The first-order valence-corrected chi connectivity index (χ1v) is 10.2. The standard InChI is InChI=1S/C22H16Cl2N6O2/c1-13(31)26-21-6-5-15(11-25-21)20-12-30(29-28-20)19-4-2-3-14(7-19)22(32)27-18-9-16(23)8-17(24)10-18/h2-12H,1H3,(H,27,32)(H,25,26,31). The first kappa shape index (κ1) is 21.5. The van der Waals surface area contributed by atoms with Crippen molar-refractivity contribution in [1.29, 1.82) is 0 Å². The van der Waals surface area contributed by atoms with Crippen LogP contribution in [0.2, 0.25) is 10.0 Å². The zero-order valence-electron chi connectivity index (χ0n) is 16.7.